The molecule has 0 aliphatic rings. The number of aryl methyl sites for hydroxylation is 1. The van der Waals surface area contributed by atoms with Crippen molar-refractivity contribution in [2.75, 3.05) is 0 Å². The van der Waals surface area contributed by atoms with Gasteiger partial charge in [0.2, 0.25) is 0 Å². The van der Waals surface area contributed by atoms with Gasteiger partial charge in [0, 0.05) is 6.42 Å². The molecule has 0 radical (unpaired) electrons. The predicted octanol–water partition coefficient (Wildman–Crippen LogP) is 3.48. The van der Waals surface area contributed by atoms with Gasteiger partial charge in [-0.1, -0.05) is 22.9 Å². The first-order valence-electron chi connectivity index (χ1n) is 6.15. The van der Waals surface area contributed by atoms with Crippen LogP contribution in [0.4, 0.5) is 0 Å². The summed E-state index contributed by atoms with van der Waals surface area (Å²) in [6.07, 6.45) is 4.15. The lowest BCUT2D eigenvalue weighted by molar-refractivity contribution is -0.137. The van der Waals surface area contributed by atoms with Crippen molar-refractivity contribution in [3.8, 4) is 5.69 Å². The molecule has 1 aromatic carbocycles. The number of rotatable bonds is 6. The van der Waals surface area contributed by atoms with E-state index in [4.69, 9.17) is 16.7 Å². The molecule has 1 heterocycles. The first-order valence-corrected chi connectivity index (χ1v) is 7.32. The van der Waals surface area contributed by atoms with E-state index >= 15 is 0 Å². The summed E-state index contributed by atoms with van der Waals surface area (Å²) in [6.45, 7) is 0. The monoisotopic (exact) mass is 357 g/mol. The third kappa shape index (κ3) is 3.80. The van der Waals surface area contributed by atoms with E-state index in [1.165, 1.54) is 0 Å². The quantitative estimate of drug-likeness (QED) is 0.803. The predicted molar refractivity (Wildman–Crippen MR) is 79.3 cm³/mol. The highest BCUT2D eigenvalue weighted by Crippen LogP contribution is 2.28. The van der Waals surface area contributed by atoms with Crippen LogP contribution >= 0.6 is 27.5 Å². The Kier molecular flexibility index (Phi) is 5.14. The van der Waals surface area contributed by atoms with Gasteiger partial charge < -0.3 is 5.11 Å². The number of benzene rings is 1. The van der Waals surface area contributed by atoms with Gasteiger partial charge in [0.1, 0.15) is 0 Å². The average molecular weight is 359 g/mol. The van der Waals surface area contributed by atoms with E-state index in [-0.39, 0.29) is 6.42 Å². The number of nitrogens with zero attached hydrogens (tertiary/aromatic N) is 3. The summed E-state index contributed by atoms with van der Waals surface area (Å²) in [5, 5.41) is 17.3. The second kappa shape index (κ2) is 6.85. The van der Waals surface area contributed by atoms with Crippen LogP contribution in [0.5, 0.6) is 0 Å². The van der Waals surface area contributed by atoms with Crippen LogP contribution in [0.25, 0.3) is 5.69 Å². The van der Waals surface area contributed by atoms with Crippen LogP contribution in [0.3, 0.4) is 0 Å². The van der Waals surface area contributed by atoms with Crippen molar-refractivity contribution in [3.05, 3.63) is 39.6 Å². The van der Waals surface area contributed by atoms with Gasteiger partial charge in [-0.2, -0.15) is 0 Å². The fraction of sp³-hybridized carbons (Fsp3) is 0.308. The molecule has 1 N–H and O–H groups in total. The summed E-state index contributed by atoms with van der Waals surface area (Å²) in [6, 6.07) is 5.52. The van der Waals surface area contributed by atoms with E-state index in [0.29, 0.717) is 17.9 Å². The van der Waals surface area contributed by atoms with Gasteiger partial charge >= 0.3 is 5.97 Å². The summed E-state index contributed by atoms with van der Waals surface area (Å²) in [5.41, 5.74) is 1.66. The van der Waals surface area contributed by atoms with Crippen LogP contribution in [-0.2, 0) is 11.2 Å². The fourth-order valence-electron chi connectivity index (χ4n) is 1.78. The van der Waals surface area contributed by atoms with E-state index in [9.17, 15) is 4.79 Å². The summed E-state index contributed by atoms with van der Waals surface area (Å²) in [5.74, 6) is -0.767. The molecule has 0 atom stereocenters. The van der Waals surface area contributed by atoms with E-state index in [2.05, 4.69) is 26.2 Å². The normalized spacial score (nSPS) is 10.7. The summed E-state index contributed by atoms with van der Waals surface area (Å²) in [7, 11) is 0. The number of carbonyl (C=O) groups is 1. The Hall–Kier alpha value is -1.40. The maximum absolute atomic E-state index is 10.4. The summed E-state index contributed by atoms with van der Waals surface area (Å²) in [4.78, 5) is 10.4. The molecule has 0 saturated carbocycles. The lowest BCUT2D eigenvalue weighted by Crippen LogP contribution is -1.96. The zero-order valence-electron chi connectivity index (χ0n) is 10.6. The van der Waals surface area contributed by atoms with E-state index in [1.54, 1.807) is 10.7 Å². The maximum atomic E-state index is 10.4. The minimum absolute atomic E-state index is 0.188. The molecule has 0 unspecified atom stereocenters. The van der Waals surface area contributed by atoms with Crippen molar-refractivity contribution in [2.24, 2.45) is 0 Å². The molecule has 1 aromatic heterocycles. The summed E-state index contributed by atoms with van der Waals surface area (Å²) >= 11 is 9.46. The number of halogens is 2. The first kappa shape index (κ1) is 15.0. The standard InChI is InChI=1S/C13H13BrClN3O2/c14-13-10(15)5-3-6-11(13)18-8-9(16-17-18)4-1-2-7-12(19)20/h3,5-6,8H,1-2,4,7H2,(H,19,20). The van der Waals surface area contributed by atoms with Crippen molar-refractivity contribution < 1.29 is 9.90 Å². The number of aliphatic carboxylic acids is 1. The minimum atomic E-state index is -0.767. The van der Waals surface area contributed by atoms with E-state index < -0.39 is 5.97 Å². The molecule has 2 aromatic rings. The Morgan fingerprint density at radius 1 is 1.40 bits per heavy atom. The van der Waals surface area contributed by atoms with Crippen LogP contribution in [0.2, 0.25) is 5.02 Å². The highest BCUT2D eigenvalue weighted by molar-refractivity contribution is 9.10. The number of unbranched alkanes of at least 4 members (excludes halogenated alkanes) is 1. The topological polar surface area (TPSA) is 68.0 Å². The molecule has 7 heteroatoms. The molecule has 0 aliphatic carbocycles. The van der Waals surface area contributed by atoms with Gasteiger partial charge in [-0.05, 0) is 47.3 Å². The number of hydrogen-bond donors (Lipinski definition) is 1. The van der Waals surface area contributed by atoms with Gasteiger partial charge in [-0.3, -0.25) is 4.79 Å². The SMILES string of the molecule is O=C(O)CCCCc1cn(-c2cccc(Cl)c2Br)nn1. The molecule has 0 bridgehead atoms. The van der Waals surface area contributed by atoms with Crippen LogP contribution in [0.15, 0.2) is 28.9 Å². The second-order valence-corrected chi connectivity index (χ2v) is 5.53. The van der Waals surface area contributed by atoms with Crippen LogP contribution in [0.1, 0.15) is 25.0 Å². The third-order valence-corrected chi connectivity index (χ3v) is 4.17. The molecule has 0 fully saturated rings. The highest BCUT2D eigenvalue weighted by atomic mass is 79.9. The minimum Gasteiger partial charge on any atom is -0.481 e. The lowest BCUT2D eigenvalue weighted by Gasteiger charge is -2.04. The zero-order valence-corrected chi connectivity index (χ0v) is 12.9. The maximum Gasteiger partial charge on any atom is 0.303 e. The molecule has 0 spiro atoms. The Morgan fingerprint density at radius 3 is 2.95 bits per heavy atom. The van der Waals surface area contributed by atoms with Gasteiger partial charge in [-0.15, -0.1) is 5.10 Å². The summed E-state index contributed by atoms with van der Waals surface area (Å²) < 4.78 is 2.42. The molecule has 0 aliphatic heterocycles. The van der Waals surface area contributed by atoms with Crippen molar-refractivity contribution >= 4 is 33.5 Å². The molecular weight excluding hydrogens is 346 g/mol. The molecule has 0 amide bonds. The molecule has 20 heavy (non-hydrogen) atoms. The second-order valence-electron chi connectivity index (χ2n) is 4.33. The molecule has 106 valence electrons. The Morgan fingerprint density at radius 2 is 2.20 bits per heavy atom. The van der Waals surface area contributed by atoms with Gasteiger partial charge in [-0.25, -0.2) is 4.68 Å². The van der Waals surface area contributed by atoms with Crippen molar-refractivity contribution in [2.45, 2.75) is 25.7 Å². The Bertz CT molecular complexity index is 615. The van der Waals surface area contributed by atoms with E-state index in [1.807, 2.05) is 18.3 Å². The van der Waals surface area contributed by atoms with Gasteiger partial charge in [0.05, 0.1) is 27.1 Å². The number of aromatic nitrogens is 3. The van der Waals surface area contributed by atoms with Crippen molar-refractivity contribution in [3.63, 3.8) is 0 Å². The molecular formula is C13H13BrClN3O2. The van der Waals surface area contributed by atoms with Gasteiger partial charge in [0.25, 0.3) is 0 Å². The molecule has 5 nitrogen and oxygen atoms in total. The van der Waals surface area contributed by atoms with Crippen molar-refractivity contribution in [1.29, 1.82) is 0 Å². The third-order valence-electron chi connectivity index (χ3n) is 2.79. The van der Waals surface area contributed by atoms with Crippen molar-refractivity contribution in [1.82, 2.24) is 15.0 Å². The van der Waals surface area contributed by atoms with Gasteiger partial charge in [0.15, 0.2) is 0 Å². The highest BCUT2D eigenvalue weighted by Gasteiger charge is 2.08. The zero-order chi connectivity index (χ0) is 14.5. The van der Waals surface area contributed by atoms with Crippen LogP contribution < -0.4 is 0 Å². The fourth-order valence-corrected chi connectivity index (χ4v) is 2.40. The average Bonchev–Trinajstić information content (AvgIpc) is 2.86. The first-order chi connectivity index (χ1) is 9.58. The number of hydrogen-bond acceptors (Lipinski definition) is 3. The largest absolute Gasteiger partial charge is 0.481 e. The van der Waals surface area contributed by atoms with Crippen LogP contribution in [-0.4, -0.2) is 26.1 Å². The van der Waals surface area contributed by atoms with E-state index in [0.717, 1.165) is 22.3 Å². The number of carboxylic acids is 1. The lowest BCUT2D eigenvalue weighted by atomic mass is 10.1. The Balaban J connectivity index is 2.02. The molecule has 0 saturated heterocycles. The molecule has 2 rings (SSSR count). The smallest absolute Gasteiger partial charge is 0.303 e. The van der Waals surface area contributed by atoms with Crippen LogP contribution in [0, 0.1) is 0 Å². The number of carboxylic acid groups (broad SMARTS) is 1. The Labute approximate surface area is 129 Å².